The monoisotopic (exact) mass is 320 g/mol. The van der Waals surface area contributed by atoms with E-state index >= 15 is 0 Å². The molecular formula is C13H24N2O7. The van der Waals surface area contributed by atoms with Crippen LogP contribution in [0.5, 0.6) is 0 Å². The molecule has 4 atom stereocenters. The molecule has 7 N–H and O–H groups in total. The van der Waals surface area contributed by atoms with E-state index in [9.17, 15) is 24.9 Å². The molecule has 0 aliphatic carbocycles. The molecule has 9 heteroatoms. The second-order valence-corrected chi connectivity index (χ2v) is 4.93. The molecule has 0 fully saturated rings. The number of aliphatic carboxylic acids is 1. The lowest BCUT2D eigenvalue weighted by Gasteiger charge is -2.24. The van der Waals surface area contributed by atoms with Crippen molar-refractivity contribution in [3.8, 4) is 0 Å². The van der Waals surface area contributed by atoms with Crippen LogP contribution in [0.3, 0.4) is 0 Å². The standard InChI is InChI=1S/C13H24N2O7/c1-7(2)12(20)15-5-3-4-14-6-8(16)9(17)10(18)11(19)13(21)22/h8-11,14,16-19H,1,3-6H2,2H3,(H,15,20)(H,21,22)/t8-,9+,10-,11-/m0/s1. The molecule has 0 heterocycles. The number of hydrogen-bond acceptors (Lipinski definition) is 7. The Morgan fingerprint density at radius 3 is 2.18 bits per heavy atom. The summed E-state index contributed by atoms with van der Waals surface area (Å²) in [6.45, 7) is 5.77. The minimum absolute atomic E-state index is 0.112. The first-order valence-corrected chi connectivity index (χ1v) is 6.78. The maximum absolute atomic E-state index is 11.2. The average Bonchev–Trinajstić information content (AvgIpc) is 2.47. The second kappa shape index (κ2) is 10.2. The molecule has 0 aliphatic heterocycles. The van der Waals surface area contributed by atoms with Crippen LogP contribution in [-0.4, -0.2) is 81.5 Å². The van der Waals surface area contributed by atoms with Gasteiger partial charge in [0.05, 0.1) is 6.10 Å². The van der Waals surface area contributed by atoms with Gasteiger partial charge in [0.25, 0.3) is 0 Å². The molecule has 0 unspecified atom stereocenters. The van der Waals surface area contributed by atoms with Crippen LogP contribution in [0.25, 0.3) is 0 Å². The highest BCUT2D eigenvalue weighted by atomic mass is 16.4. The first kappa shape index (κ1) is 20.5. The van der Waals surface area contributed by atoms with E-state index < -0.39 is 30.4 Å². The van der Waals surface area contributed by atoms with E-state index in [-0.39, 0.29) is 12.5 Å². The first-order chi connectivity index (χ1) is 10.2. The zero-order chi connectivity index (χ0) is 17.3. The van der Waals surface area contributed by atoms with Crippen LogP contribution in [-0.2, 0) is 9.59 Å². The predicted octanol–water partition coefficient (Wildman–Crippen LogP) is -2.81. The summed E-state index contributed by atoms with van der Waals surface area (Å²) in [4.78, 5) is 21.6. The second-order valence-electron chi connectivity index (χ2n) is 4.93. The number of hydrogen-bond donors (Lipinski definition) is 7. The van der Waals surface area contributed by atoms with Crippen LogP contribution in [0.1, 0.15) is 13.3 Å². The van der Waals surface area contributed by atoms with Gasteiger partial charge < -0.3 is 36.2 Å². The number of aliphatic hydroxyl groups excluding tert-OH is 4. The smallest absolute Gasteiger partial charge is 0.335 e. The van der Waals surface area contributed by atoms with Gasteiger partial charge in [-0.05, 0) is 19.9 Å². The molecule has 0 saturated heterocycles. The third-order valence-electron chi connectivity index (χ3n) is 2.88. The topological polar surface area (TPSA) is 159 Å². The van der Waals surface area contributed by atoms with Crippen molar-refractivity contribution in [2.45, 2.75) is 37.8 Å². The molecule has 0 bridgehead atoms. The SMILES string of the molecule is C=C(C)C(=O)NCCCNC[C@H](O)[C@@H](O)[C@H](O)[C@H](O)C(=O)O. The predicted molar refractivity (Wildman–Crippen MR) is 77.0 cm³/mol. The van der Waals surface area contributed by atoms with Gasteiger partial charge in [0, 0.05) is 18.7 Å². The van der Waals surface area contributed by atoms with Gasteiger partial charge in [-0.25, -0.2) is 4.79 Å². The maximum Gasteiger partial charge on any atom is 0.335 e. The van der Waals surface area contributed by atoms with Crippen molar-refractivity contribution in [3.63, 3.8) is 0 Å². The number of aliphatic hydroxyl groups is 4. The number of carbonyl (C=O) groups excluding carboxylic acids is 1. The van der Waals surface area contributed by atoms with Crippen LogP contribution in [0.2, 0.25) is 0 Å². The summed E-state index contributed by atoms with van der Waals surface area (Å²) in [6, 6.07) is 0. The summed E-state index contributed by atoms with van der Waals surface area (Å²) in [5.74, 6) is -1.94. The molecule has 128 valence electrons. The first-order valence-electron chi connectivity index (χ1n) is 6.78. The van der Waals surface area contributed by atoms with Crippen LogP contribution >= 0.6 is 0 Å². The highest BCUT2D eigenvalue weighted by Gasteiger charge is 2.33. The molecule has 0 saturated carbocycles. The summed E-state index contributed by atoms with van der Waals surface area (Å²) in [5, 5.41) is 51.4. The Kier molecular flexibility index (Phi) is 9.54. The third kappa shape index (κ3) is 7.48. The zero-order valence-corrected chi connectivity index (χ0v) is 12.4. The largest absolute Gasteiger partial charge is 0.479 e. The lowest BCUT2D eigenvalue weighted by atomic mass is 10.0. The summed E-state index contributed by atoms with van der Waals surface area (Å²) in [6.07, 6.45) is -6.87. The fourth-order valence-electron chi connectivity index (χ4n) is 1.50. The number of carboxylic acids is 1. The fourth-order valence-corrected chi connectivity index (χ4v) is 1.50. The molecule has 1 amide bonds. The van der Waals surface area contributed by atoms with Gasteiger partial charge in [0.15, 0.2) is 6.10 Å². The van der Waals surface area contributed by atoms with Crippen molar-refractivity contribution in [2.24, 2.45) is 0 Å². The van der Waals surface area contributed by atoms with Crippen molar-refractivity contribution in [3.05, 3.63) is 12.2 Å². The van der Waals surface area contributed by atoms with Gasteiger partial charge in [0.1, 0.15) is 12.2 Å². The third-order valence-corrected chi connectivity index (χ3v) is 2.88. The number of amides is 1. The minimum Gasteiger partial charge on any atom is -0.479 e. The highest BCUT2D eigenvalue weighted by molar-refractivity contribution is 5.91. The molecule has 0 radical (unpaired) electrons. The van der Waals surface area contributed by atoms with E-state index in [1.807, 2.05) is 0 Å². The van der Waals surface area contributed by atoms with Gasteiger partial charge >= 0.3 is 5.97 Å². The van der Waals surface area contributed by atoms with Gasteiger partial charge in [0.2, 0.25) is 5.91 Å². The minimum atomic E-state index is -2.18. The van der Waals surface area contributed by atoms with E-state index in [2.05, 4.69) is 17.2 Å². The maximum atomic E-state index is 11.2. The Hall–Kier alpha value is -1.52. The van der Waals surface area contributed by atoms with E-state index in [1.54, 1.807) is 6.92 Å². The van der Waals surface area contributed by atoms with Crippen LogP contribution in [0.4, 0.5) is 0 Å². The Labute approximate surface area is 128 Å². The van der Waals surface area contributed by atoms with E-state index in [1.165, 1.54) is 0 Å². The highest BCUT2D eigenvalue weighted by Crippen LogP contribution is 2.05. The molecule has 0 rings (SSSR count). The fraction of sp³-hybridized carbons (Fsp3) is 0.692. The number of rotatable bonds is 11. The van der Waals surface area contributed by atoms with Gasteiger partial charge in [-0.1, -0.05) is 6.58 Å². The van der Waals surface area contributed by atoms with E-state index in [4.69, 9.17) is 10.2 Å². The lowest BCUT2D eigenvalue weighted by molar-refractivity contribution is -0.162. The Balaban J connectivity index is 3.89. The summed E-state index contributed by atoms with van der Waals surface area (Å²) < 4.78 is 0. The Morgan fingerprint density at radius 1 is 1.09 bits per heavy atom. The van der Waals surface area contributed by atoms with E-state index in [0.717, 1.165) is 0 Å². The van der Waals surface area contributed by atoms with Crippen molar-refractivity contribution in [1.29, 1.82) is 0 Å². The normalized spacial score (nSPS) is 16.4. The lowest BCUT2D eigenvalue weighted by Crippen LogP contribution is -2.50. The van der Waals surface area contributed by atoms with Gasteiger partial charge in [-0.15, -0.1) is 0 Å². The number of carbonyl (C=O) groups is 2. The molecule has 22 heavy (non-hydrogen) atoms. The number of carboxylic acid groups (broad SMARTS) is 1. The summed E-state index contributed by atoms with van der Waals surface area (Å²) >= 11 is 0. The molecule has 0 aromatic carbocycles. The summed E-state index contributed by atoms with van der Waals surface area (Å²) in [5.41, 5.74) is 0.400. The van der Waals surface area contributed by atoms with Gasteiger partial charge in [-0.2, -0.15) is 0 Å². The van der Waals surface area contributed by atoms with Crippen LogP contribution in [0.15, 0.2) is 12.2 Å². The van der Waals surface area contributed by atoms with E-state index in [0.29, 0.717) is 25.1 Å². The average molecular weight is 320 g/mol. The quantitative estimate of drug-likeness (QED) is 0.159. The Bertz CT molecular complexity index is 389. The van der Waals surface area contributed by atoms with Crippen LogP contribution in [0, 0.1) is 0 Å². The number of nitrogens with one attached hydrogen (secondary N) is 2. The molecule has 0 spiro atoms. The molecule has 0 aromatic rings. The van der Waals surface area contributed by atoms with Crippen molar-refractivity contribution in [2.75, 3.05) is 19.6 Å². The molecule has 0 aliphatic rings. The van der Waals surface area contributed by atoms with Crippen molar-refractivity contribution < 1.29 is 35.1 Å². The van der Waals surface area contributed by atoms with Crippen LogP contribution < -0.4 is 10.6 Å². The van der Waals surface area contributed by atoms with Crippen molar-refractivity contribution >= 4 is 11.9 Å². The Morgan fingerprint density at radius 2 is 1.68 bits per heavy atom. The van der Waals surface area contributed by atoms with Crippen molar-refractivity contribution in [1.82, 2.24) is 10.6 Å². The molecule has 0 aromatic heterocycles. The van der Waals surface area contributed by atoms with Gasteiger partial charge in [-0.3, -0.25) is 4.79 Å². The molecule has 9 nitrogen and oxygen atoms in total. The zero-order valence-electron chi connectivity index (χ0n) is 12.4. The molecular weight excluding hydrogens is 296 g/mol. The summed E-state index contributed by atoms with van der Waals surface area (Å²) in [7, 11) is 0.